The molecule has 7 heteroatoms. The third-order valence-corrected chi connectivity index (χ3v) is 2.27. The van der Waals surface area contributed by atoms with Crippen molar-refractivity contribution in [2.24, 2.45) is 0 Å². The number of carbonyl (C=O) groups is 1. The number of aromatic carboxylic acids is 1. The van der Waals surface area contributed by atoms with Gasteiger partial charge < -0.3 is 9.52 Å². The Morgan fingerprint density at radius 3 is 2.44 bits per heavy atom. The quantitative estimate of drug-likeness (QED) is 0.853. The summed E-state index contributed by atoms with van der Waals surface area (Å²) in [5, 5.41) is 8.33. The average molecular weight is 258 g/mol. The molecule has 0 saturated heterocycles. The van der Waals surface area contributed by atoms with Crippen LogP contribution in [-0.2, 0) is 6.18 Å². The highest BCUT2D eigenvalue weighted by Gasteiger charge is 2.31. The number of alkyl halides is 3. The summed E-state index contributed by atoms with van der Waals surface area (Å²) in [4.78, 5) is 22.1. The van der Waals surface area contributed by atoms with Crippen LogP contribution in [0.4, 0.5) is 13.2 Å². The minimum absolute atomic E-state index is 0.201. The van der Waals surface area contributed by atoms with Gasteiger partial charge in [-0.3, -0.25) is 4.79 Å². The number of hydrogen-bond donors (Lipinski definition) is 1. The zero-order chi connectivity index (χ0) is 13.5. The molecule has 4 nitrogen and oxygen atoms in total. The maximum Gasteiger partial charge on any atom is 0.416 e. The van der Waals surface area contributed by atoms with Gasteiger partial charge in [0.25, 0.3) is 0 Å². The summed E-state index contributed by atoms with van der Waals surface area (Å²) in [6.07, 6.45) is -4.58. The summed E-state index contributed by atoms with van der Waals surface area (Å²) >= 11 is 0. The molecule has 1 heterocycles. The lowest BCUT2D eigenvalue weighted by atomic mass is 10.1. The van der Waals surface area contributed by atoms with Crippen LogP contribution in [0.1, 0.15) is 16.1 Å². The highest BCUT2D eigenvalue weighted by Crippen LogP contribution is 2.30. The summed E-state index contributed by atoms with van der Waals surface area (Å²) < 4.78 is 42.1. The molecule has 0 atom stereocenters. The SMILES string of the molecule is O=C(O)c1cc(=O)c2cc(C(F)(F)F)ccc2o1. The maximum absolute atomic E-state index is 12.4. The number of halogens is 3. The van der Waals surface area contributed by atoms with E-state index >= 15 is 0 Å². The number of fused-ring (bicyclic) bond motifs is 1. The van der Waals surface area contributed by atoms with E-state index in [4.69, 9.17) is 9.52 Å². The van der Waals surface area contributed by atoms with Gasteiger partial charge in [-0.15, -0.1) is 0 Å². The lowest BCUT2D eigenvalue weighted by molar-refractivity contribution is -0.137. The lowest BCUT2D eigenvalue weighted by Crippen LogP contribution is -2.09. The Bertz CT molecular complexity index is 685. The van der Waals surface area contributed by atoms with E-state index in [1.54, 1.807) is 0 Å². The third-order valence-electron chi connectivity index (χ3n) is 2.27. The van der Waals surface area contributed by atoms with Gasteiger partial charge in [0.2, 0.25) is 5.76 Å². The Morgan fingerprint density at radius 1 is 1.22 bits per heavy atom. The van der Waals surface area contributed by atoms with Crippen LogP contribution in [-0.4, -0.2) is 11.1 Å². The molecule has 0 unspecified atom stereocenters. The molecule has 0 aliphatic carbocycles. The van der Waals surface area contributed by atoms with Crippen molar-refractivity contribution in [2.45, 2.75) is 6.18 Å². The lowest BCUT2D eigenvalue weighted by Gasteiger charge is -2.07. The van der Waals surface area contributed by atoms with Crippen molar-refractivity contribution >= 4 is 16.9 Å². The smallest absolute Gasteiger partial charge is 0.416 e. The minimum atomic E-state index is -4.58. The van der Waals surface area contributed by atoms with Crippen LogP contribution in [0, 0.1) is 0 Å². The molecule has 0 amide bonds. The van der Waals surface area contributed by atoms with E-state index in [1.165, 1.54) is 0 Å². The van der Waals surface area contributed by atoms with E-state index in [9.17, 15) is 22.8 Å². The van der Waals surface area contributed by atoms with Gasteiger partial charge in [0.15, 0.2) is 5.43 Å². The molecule has 0 fully saturated rings. The van der Waals surface area contributed by atoms with Crippen LogP contribution in [0.2, 0.25) is 0 Å². The van der Waals surface area contributed by atoms with Gasteiger partial charge in [-0.1, -0.05) is 0 Å². The number of rotatable bonds is 1. The average Bonchev–Trinajstić information content (AvgIpc) is 2.27. The predicted molar refractivity (Wildman–Crippen MR) is 54.4 cm³/mol. The van der Waals surface area contributed by atoms with E-state index in [-0.39, 0.29) is 11.0 Å². The molecular weight excluding hydrogens is 253 g/mol. The molecule has 0 aliphatic rings. The first kappa shape index (κ1) is 12.2. The molecule has 0 aliphatic heterocycles. The second-order valence-electron chi connectivity index (χ2n) is 3.49. The van der Waals surface area contributed by atoms with Gasteiger partial charge in [0.05, 0.1) is 10.9 Å². The highest BCUT2D eigenvalue weighted by molar-refractivity contribution is 5.87. The fourth-order valence-corrected chi connectivity index (χ4v) is 1.44. The Hall–Kier alpha value is -2.31. The normalized spacial score (nSPS) is 11.7. The Balaban J connectivity index is 2.74. The molecule has 1 aromatic carbocycles. The first-order valence-electron chi connectivity index (χ1n) is 4.67. The summed E-state index contributed by atoms with van der Waals surface area (Å²) in [6, 6.07) is 2.92. The van der Waals surface area contributed by atoms with Crippen LogP contribution in [0.3, 0.4) is 0 Å². The van der Waals surface area contributed by atoms with Crippen LogP contribution < -0.4 is 5.43 Å². The van der Waals surface area contributed by atoms with E-state index in [1.807, 2.05) is 0 Å². The fourth-order valence-electron chi connectivity index (χ4n) is 1.44. The van der Waals surface area contributed by atoms with Crippen molar-refractivity contribution in [3.63, 3.8) is 0 Å². The van der Waals surface area contributed by atoms with E-state index < -0.39 is 28.9 Å². The molecule has 2 rings (SSSR count). The summed E-state index contributed by atoms with van der Waals surface area (Å²) in [5.74, 6) is -2.08. The summed E-state index contributed by atoms with van der Waals surface area (Å²) in [6.45, 7) is 0. The van der Waals surface area contributed by atoms with Crippen LogP contribution >= 0.6 is 0 Å². The molecule has 2 aromatic rings. The molecule has 18 heavy (non-hydrogen) atoms. The first-order chi connectivity index (χ1) is 8.29. The van der Waals surface area contributed by atoms with Gasteiger partial charge in [-0.25, -0.2) is 4.79 Å². The third kappa shape index (κ3) is 2.06. The van der Waals surface area contributed by atoms with Gasteiger partial charge >= 0.3 is 12.1 Å². The zero-order valence-corrected chi connectivity index (χ0v) is 8.62. The molecule has 1 N–H and O–H groups in total. The molecule has 0 saturated carbocycles. The number of carboxylic acid groups (broad SMARTS) is 1. The van der Waals surface area contributed by atoms with Gasteiger partial charge in [0.1, 0.15) is 5.58 Å². The fraction of sp³-hybridized carbons (Fsp3) is 0.0909. The molecule has 94 valence electrons. The molecule has 0 radical (unpaired) electrons. The summed E-state index contributed by atoms with van der Waals surface area (Å²) in [7, 11) is 0. The van der Waals surface area contributed by atoms with Crippen molar-refractivity contribution in [3.05, 3.63) is 45.8 Å². The topological polar surface area (TPSA) is 67.5 Å². The van der Waals surface area contributed by atoms with Crippen molar-refractivity contribution < 1.29 is 27.5 Å². The number of carboxylic acids is 1. The van der Waals surface area contributed by atoms with Gasteiger partial charge in [-0.2, -0.15) is 13.2 Å². The Kier molecular flexibility index (Phi) is 2.61. The van der Waals surface area contributed by atoms with Crippen LogP contribution in [0.25, 0.3) is 11.0 Å². The van der Waals surface area contributed by atoms with Crippen LogP contribution in [0.5, 0.6) is 0 Å². The summed E-state index contributed by atoms with van der Waals surface area (Å²) in [5.41, 5.74) is -2.03. The van der Waals surface area contributed by atoms with E-state index in [2.05, 4.69) is 0 Å². The number of benzene rings is 1. The van der Waals surface area contributed by atoms with Crippen LogP contribution in [0.15, 0.2) is 33.5 Å². The monoisotopic (exact) mass is 258 g/mol. The molecule has 0 bridgehead atoms. The number of hydrogen-bond acceptors (Lipinski definition) is 3. The largest absolute Gasteiger partial charge is 0.475 e. The second kappa shape index (κ2) is 3.86. The predicted octanol–water partition coefficient (Wildman–Crippen LogP) is 2.51. The minimum Gasteiger partial charge on any atom is -0.475 e. The van der Waals surface area contributed by atoms with Gasteiger partial charge in [-0.05, 0) is 18.2 Å². The Morgan fingerprint density at radius 2 is 1.89 bits per heavy atom. The second-order valence-corrected chi connectivity index (χ2v) is 3.49. The first-order valence-corrected chi connectivity index (χ1v) is 4.67. The standard InChI is InChI=1S/C11H5F3O4/c12-11(13,14)5-1-2-8-6(3-5)7(15)4-9(18-8)10(16)17/h1-4H,(H,16,17). The molecule has 1 aromatic heterocycles. The van der Waals surface area contributed by atoms with Crippen molar-refractivity contribution in [3.8, 4) is 0 Å². The van der Waals surface area contributed by atoms with E-state index in [0.29, 0.717) is 12.1 Å². The van der Waals surface area contributed by atoms with Gasteiger partial charge in [0, 0.05) is 6.07 Å². The maximum atomic E-state index is 12.4. The molecular formula is C11H5F3O4. The van der Waals surface area contributed by atoms with E-state index in [0.717, 1.165) is 12.1 Å². The van der Waals surface area contributed by atoms with Crippen molar-refractivity contribution in [1.82, 2.24) is 0 Å². The highest BCUT2D eigenvalue weighted by atomic mass is 19.4. The Labute approximate surface area is 97.3 Å². The zero-order valence-electron chi connectivity index (χ0n) is 8.62. The molecule has 0 spiro atoms. The van der Waals surface area contributed by atoms with Crippen molar-refractivity contribution in [1.29, 1.82) is 0 Å². The van der Waals surface area contributed by atoms with Crippen molar-refractivity contribution in [2.75, 3.05) is 0 Å².